The van der Waals surface area contributed by atoms with E-state index in [9.17, 15) is 0 Å². The Labute approximate surface area is 102 Å². The Morgan fingerprint density at radius 2 is 1.81 bits per heavy atom. The van der Waals surface area contributed by atoms with Crippen molar-refractivity contribution in [1.29, 1.82) is 0 Å². The summed E-state index contributed by atoms with van der Waals surface area (Å²) in [5.41, 5.74) is 5.69. The number of unbranched alkanes of at least 4 members (excludes halogenated alkanes) is 2. The average molecular weight is 228 g/mol. The Morgan fingerprint density at radius 1 is 1.06 bits per heavy atom. The molecule has 2 atom stereocenters. The first-order valence-electron chi connectivity index (χ1n) is 7.18. The summed E-state index contributed by atoms with van der Waals surface area (Å²) in [6, 6.07) is 0.691. The zero-order valence-electron chi connectivity index (χ0n) is 11.6. The van der Waals surface area contributed by atoms with Crippen LogP contribution in [0.5, 0.6) is 0 Å². The fourth-order valence-corrected chi connectivity index (χ4v) is 2.01. The zero-order chi connectivity index (χ0) is 12.2. The molecule has 0 fully saturated rings. The first kappa shape index (κ1) is 15.9. The number of hydrogen-bond acceptors (Lipinski definition) is 2. The van der Waals surface area contributed by atoms with Crippen LogP contribution in [-0.2, 0) is 0 Å². The van der Waals surface area contributed by atoms with Gasteiger partial charge in [-0.15, -0.1) is 0 Å². The predicted octanol–water partition coefficient (Wildman–Crippen LogP) is 3.31. The van der Waals surface area contributed by atoms with Crippen molar-refractivity contribution in [3.8, 4) is 0 Å². The Morgan fingerprint density at radius 3 is 2.38 bits per heavy atom. The van der Waals surface area contributed by atoms with Crippen molar-refractivity contribution >= 4 is 0 Å². The third-order valence-electron chi connectivity index (χ3n) is 3.43. The van der Waals surface area contributed by atoms with Gasteiger partial charge in [0.05, 0.1) is 0 Å². The van der Waals surface area contributed by atoms with Crippen molar-refractivity contribution < 1.29 is 0 Å². The number of nitrogens with two attached hydrogens (primary N) is 1. The van der Waals surface area contributed by atoms with E-state index >= 15 is 0 Å². The molecule has 0 saturated carbocycles. The quantitative estimate of drug-likeness (QED) is 0.532. The highest BCUT2D eigenvalue weighted by Crippen LogP contribution is 2.10. The van der Waals surface area contributed by atoms with Crippen LogP contribution in [0.4, 0.5) is 0 Å². The molecule has 2 heteroatoms. The number of nitrogens with one attached hydrogen (secondary N) is 1. The lowest BCUT2D eigenvalue weighted by Gasteiger charge is -2.14. The first-order valence-corrected chi connectivity index (χ1v) is 7.18. The summed E-state index contributed by atoms with van der Waals surface area (Å²) in [5.74, 6) is 0.748. The molecule has 2 unspecified atom stereocenters. The van der Waals surface area contributed by atoms with Crippen molar-refractivity contribution in [2.75, 3.05) is 13.1 Å². The van der Waals surface area contributed by atoms with Crippen LogP contribution in [-0.4, -0.2) is 19.1 Å². The van der Waals surface area contributed by atoms with Gasteiger partial charge in [-0.2, -0.15) is 0 Å². The topological polar surface area (TPSA) is 38.0 Å². The fraction of sp³-hybridized carbons (Fsp3) is 1.00. The lowest BCUT2D eigenvalue weighted by atomic mass is 9.99. The molecule has 0 saturated heterocycles. The highest BCUT2D eigenvalue weighted by Gasteiger charge is 2.03. The SMILES string of the molecule is CCCCC(C)NCCCCC(CC)CN. The molecule has 98 valence electrons. The Balaban J connectivity index is 3.25. The van der Waals surface area contributed by atoms with Gasteiger partial charge in [-0.3, -0.25) is 0 Å². The lowest BCUT2D eigenvalue weighted by molar-refractivity contribution is 0.434. The van der Waals surface area contributed by atoms with E-state index in [2.05, 4.69) is 26.1 Å². The minimum atomic E-state index is 0.691. The molecule has 0 aliphatic rings. The first-order chi connectivity index (χ1) is 7.74. The van der Waals surface area contributed by atoms with Gasteiger partial charge in [-0.05, 0) is 45.2 Å². The van der Waals surface area contributed by atoms with Crippen molar-refractivity contribution in [3.63, 3.8) is 0 Å². The van der Waals surface area contributed by atoms with Crippen LogP contribution < -0.4 is 11.1 Å². The van der Waals surface area contributed by atoms with Crippen LogP contribution in [0.2, 0.25) is 0 Å². The van der Waals surface area contributed by atoms with Gasteiger partial charge in [0.2, 0.25) is 0 Å². The van der Waals surface area contributed by atoms with Gasteiger partial charge in [0.1, 0.15) is 0 Å². The molecule has 0 aromatic rings. The second kappa shape index (κ2) is 11.4. The lowest BCUT2D eigenvalue weighted by Crippen LogP contribution is -2.27. The molecule has 0 aliphatic heterocycles. The molecule has 0 spiro atoms. The monoisotopic (exact) mass is 228 g/mol. The van der Waals surface area contributed by atoms with E-state index in [4.69, 9.17) is 5.73 Å². The van der Waals surface area contributed by atoms with Crippen molar-refractivity contribution in [2.45, 2.75) is 71.8 Å². The minimum Gasteiger partial charge on any atom is -0.330 e. The van der Waals surface area contributed by atoms with Gasteiger partial charge >= 0.3 is 0 Å². The van der Waals surface area contributed by atoms with Crippen molar-refractivity contribution in [3.05, 3.63) is 0 Å². The standard InChI is InChI=1S/C14H32N2/c1-4-6-9-13(3)16-11-8-7-10-14(5-2)12-15/h13-14,16H,4-12,15H2,1-3H3. The maximum atomic E-state index is 5.69. The van der Waals surface area contributed by atoms with Gasteiger partial charge in [-0.25, -0.2) is 0 Å². The second-order valence-corrected chi connectivity index (χ2v) is 5.00. The average Bonchev–Trinajstić information content (AvgIpc) is 2.31. The Kier molecular flexibility index (Phi) is 11.3. The molecule has 16 heavy (non-hydrogen) atoms. The summed E-state index contributed by atoms with van der Waals surface area (Å²) in [6.45, 7) is 8.82. The van der Waals surface area contributed by atoms with Crippen LogP contribution in [0.25, 0.3) is 0 Å². The van der Waals surface area contributed by atoms with E-state index in [-0.39, 0.29) is 0 Å². The van der Waals surface area contributed by atoms with E-state index in [1.165, 1.54) is 51.5 Å². The van der Waals surface area contributed by atoms with Gasteiger partial charge in [0, 0.05) is 6.04 Å². The van der Waals surface area contributed by atoms with Gasteiger partial charge in [0.15, 0.2) is 0 Å². The van der Waals surface area contributed by atoms with E-state index in [1.807, 2.05) is 0 Å². The van der Waals surface area contributed by atoms with Crippen molar-refractivity contribution in [2.24, 2.45) is 11.7 Å². The molecule has 2 nitrogen and oxygen atoms in total. The summed E-state index contributed by atoms with van der Waals surface area (Å²) in [5, 5.41) is 3.60. The highest BCUT2D eigenvalue weighted by atomic mass is 14.9. The molecule has 0 bridgehead atoms. The molecule has 0 aliphatic carbocycles. The minimum absolute atomic E-state index is 0.691. The summed E-state index contributed by atoms with van der Waals surface area (Å²) in [4.78, 5) is 0. The van der Waals surface area contributed by atoms with E-state index < -0.39 is 0 Å². The second-order valence-electron chi connectivity index (χ2n) is 5.00. The molecular weight excluding hydrogens is 196 g/mol. The summed E-state index contributed by atoms with van der Waals surface area (Å²) >= 11 is 0. The van der Waals surface area contributed by atoms with Gasteiger partial charge < -0.3 is 11.1 Å². The molecule has 0 aromatic carbocycles. The van der Waals surface area contributed by atoms with Crippen LogP contribution in [0.15, 0.2) is 0 Å². The third kappa shape index (κ3) is 9.17. The number of hydrogen-bond donors (Lipinski definition) is 2. The zero-order valence-corrected chi connectivity index (χ0v) is 11.6. The van der Waals surface area contributed by atoms with E-state index in [0.717, 1.165) is 12.5 Å². The van der Waals surface area contributed by atoms with Crippen LogP contribution in [0, 0.1) is 5.92 Å². The molecular formula is C14H32N2. The summed E-state index contributed by atoms with van der Waals surface area (Å²) < 4.78 is 0. The van der Waals surface area contributed by atoms with E-state index in [0.29, 0.717) is 6.04 Å². The summed E-state index contributed by atoms with van der Waals surface area (Å²) in [7, 11) is 0. The van der Waals surface area contributed by atoms with E-state index in [1.54, 1.807) is 0 Å². The van der Waals surface area contributed by atoms with Crippen LogP contribution in [0.3, 0.4) is 0 Å². The summed E-state index contributed by atoms with van der Waals surface area (Å²) in [6.07, 6.45) is 9.13. The number of rotatable bonds is 11. The molecule has 0 aromatic heterocycles. The molecule has 0 radical (unpaired) electrons. The predicted molar refractivity (Wildman–Crippen MR) is 73.7 cm³/mol. The Hall–Kier alpha value is -0.0800. The highest BCUT2D eigenvalue weighted by molar-refractivity contribution is 4.62. The molecule has 0 amide bonds. The maximum Gasteiger partial charge on any atom is 0.00387 e. The fourth-order valence-electron chi connectivity index (χ4n) is 2.01. The van der Waals surface area contributed by atoms with Crippen LogP contribution in [0.1, 0.15) is 65.7 Å². The van der Waals surface area contributed by atoms with Gasteiger partial charge in [0.25, 0.3) is 0 Å². The largest absolute Gasteiger partial charge is 0.330 e. The molecule has 0 rings (SSSR count). The molecule has 3 N–H and O–H groups in total. The van der Waals surface area contributed by atoms with Gasteiger partial charge in [-0.1, -0.05) is 39.5 Å². The van der Waals surface area contributed by atoms with Crippen LogP contribution >= 0.6 is 0 Å². The normalized spacial score (nSPS) is 15.0. The molecule has 0 heterocycles. The maximum absolute atomic E-state index is 5.69. The van der Waals surface area contributed by atoms with Crippen molar-refractivity contribution in [1.82, 2.24) is 5.32 Å². The third-order valence-corrected chi connectivity index (χ3v) is 3.43. The Bertz CT molecular complexity index is 133. The smallest absolute Gasteiger partial charge is 0.00387 e.